The molecular weight excluding hydrogens is 273 g/mol. The highest BCUT2D eigenvalue weighted by molar-refractivity contribution is 5.73. The molecule has 0 saturated heterocycles. The molecule has 1 heterocycles. The average Bonchev–Trinajstić information content (AvgIpc) is 2.88. The van der Waals surface area contributed by atoms with Gasteiger partial charge in [-0.05, 0) is 29.3 Å². The van der Waals surface area contributed by atoms with Crippen molar-refractivity contribution in [2.24, 2.45) is 7.05 Å². The Morgan fingerprint density at radius 3 is 2.57 bits per heavy atom. The number of hydrogen-bond acceptors (Lipinski definition) is 2. The summed E-state index contributed by atoms with van der Waals surface area (Å²) in [5.74, 6) is 0.0346. The molecule has 6 heteroatoms. The normalized spacial score (nSPS) is 10.2. The van der Waals surface area contributed by atoms with Gasteiger partial charge in [0, 0.05) is 38.6 Å². The van der Waals surface area contributed by atoms with Gasteiger partial charge in [-0.15, -0.1) is 0 Å². The molecule has 0 bridgehead atoms. The topological polar surface area (TPSA) is 55.3 Å². The zero-order chi connectivity index (χ0) is 15.2. The molecule has 0 spiro atoms. The lowest BCUT2D eigenvalue weighted by Gasteiger charge is -2.08. The molecule has 2 N–H and O–H groups in total. The van der Waals surface area contributed by atoms with E-state index in [-0.39, 0.29) is 12.6 Å². The first-order valence-corrected chi connectivity index (χ1v) is 6.53. The molecule has 0 fully saturated rings. The van der Waals surface area contributed by atoms with Crippen LogP contribution in [0.15, 0.2) is 36.7 Å². The van der Waals surface area contributed by atoms with Crippen molar-refractivity contribution in [2.75, 3.05) is 7.11 Å². The van der Waals surface area contributed by atoms with Gasteiger partial charge >= 0.3 is 6.03 Å². The fraction of sp³-hybridized carbons (Fsp3) is 0.267. The van der Waals surface area contributed by atoms with Gasteiger partial charge in [0.1, 0.15) is 11.6 Å². The van der Waals surface area contributed by atoms with Gasteiger partial charge in [0.15, 0.2) is 0 Å². The molecule has 0 saturated carbocycles. The molecule has 0 atom stereocenters. The highest BCUT2D eigenvalue weighted by Gasteiger charge is 2.04. The fourth-order valence-electron chi connectivity index (χ4n) is 1.93. The predicted octanol–water partition coefficient (Wildman–Crippen LogP) is 2.17. The van der Waals surface area contributed by atoms with E-state index in [1.54, 1.807) is 6.07 Å². The zero-order valence-electron chi connectivity index (χ0n) is 12.0. The summed E-state index contributed by atoms with van der Waals surface area (Å²) < 4.78 is 20.2. The highest BCUT2D eigenvalue weighted by atomic mass is 19.1. The first kappa shape index (κ1) is 14.9. The van der Waals surface area contributed by atoms with Gasteiger partial charge in [-0.2, -0.15) is 0 Å². The van der Waals surface area contributed by atoms with E-state index in [0.29, 0.717) is 17.9 Å². The van der Waals surface area contributed by atoms with E-state index in [2.05, 4.69) is 10.6 Å². The zero-order valence-corrected chi connectivity index (χ0v) is 12.0. The van der Waals surface area contributed by atoms with Crippen LogP contribution in [-0.2, 0) is 20.1 Å². The number of aromatic nitrogens is 1. The second-order valence-electron chi connectivity index (χ2n) is 4.72. The van der Waals surface area contributed by atoms with E-state index >= 15 is 0 Å². The minimum atomic E-state index is -0.393. The predicted molar refractivity (Wildman–Crippen MR) is 77.4 cm³/mol. The standard InChI is InChI=1S/C15H18FN3O2/c1-19-4-3-11(10-19)8-17-15(20)18-9-12-5-13(16)7-14(6-12)21-2/h3-7,10H,8-9H2,1-2H3,(H2,17,18,20). The summed E-state index contributed by atoms with van der Waals surface area (Å²) in [6.45, 7) is 0.674. The van der Waals surface area contributed by atoms with E-state index in [4.69, 9.17) is 4.74 Å². The second-order valence-corrected chi connectivity index (χ2v) is 4.72. The van der Waals surface area contributed by atoms with Crippen LogP contribution in [0.3, 0.4) is 0 Å². The summed E-state index contributed by atoms with van der Waals surface area (Å²) in [5.41, 5.74) is 1.65. The first-order chi connectivity index (χ1) is 10.1. The van der Waals surface area contributed by atoms with Crippen LogP contribution >= 0.6 is 0 Å². The number of hydrogen-bond donors (Lipinski definition) is 2. The van der Waals surface area contributed by atoms with Crippen molar-refractivity contribution in [3.05, 3.63) is 53.6 Å². The van der Waals surface area contributed by atoms with Crippen molar-refractivity contribution >= 4 is 6.03 Å². The summed E-state index contributed by atoms with van der Waals surface area (Å²) in [5, 5.41) is 5.41. The molecule has 0 unspecified atom stereocenters. The molecule has 2 rings (SSSR count). The summed E-state index contributed by atoms with van der Waals surface area (Å²) in [4.78, 5) is 11.7. The number of ether oxygens (including phenoxy) is 1. The minimum Gasteiger partial charge on any atom is -0.497 e. The van der Waals surface area contributed by atoms with Crippen LogP contribution in [0.5, 0.6) is 5.75 Å². The Morgan fingerprint density at radius 2 is 1.95 bits per heavy atom. The molecule has 0 aliphatic rings. The molecule has 0 aliphatic carbocycles. The van der Waals surface area contributed by atoms with E-state index in [1.807, 2.05) is 30.1 Å². The molecule has 2 amide bonds. The van der Waals surface area contributed by atoms with Crippen LogP contribution in [0.2, 0.25) is 0 Å². The maximum absolute atomic E-state index is 13.3. The Labute approximate surface area is 122 Å². The van der Waals surface area contributed by atoms with Gasteiger partial charge in [-0.3, -0.25) is 0 Å². The van der Waals surface area contributed by atoms with Gasteiger partial charge in [0.2, 0.25) is 0 Å². The molecule has 0 aliphatic heterocycles. The Morgan fingerprint density at radius 1 is 1.24 bits per heavy atom. The van der Waals surface area contributed by atoms with Crippen molar-refractivity contribution in [3.8, 4) is 5.75 Å². The van der Waals surface area contributed by atoms with Gasteiger partial charge in [-0.1, -0.05) is 0 Å². The molecular formula is C15H18FN3O2. The Balaban J connectivity index is 1.82. The third kappa shape index (κ3) is 4.52. The second kappa shape index (κ2) is 6.78. The van der Waals surface area contributed by atoms with Gasteiger partial charge in [-0.25, -0.2) is 9.18 Å². The first-order valence-electron chi connectivity index (χ1n) is 6.53. The van der Waals surface area contributed by atoms with Crippen LogP contribution in [0, 0.1) is 5.82 Å². The number of nitrogens with zero attached hydrogens (tertiary/aromatic N) is 1. The van der Waals surface area contributed by atoms with E-state index in [9.17, 15) is 9.18 Å². The summed E-state index contributed by atoms with van der Waals surface area (Å²) >= 11 is 0. The number of nitrogens with one attached hydrogen (secondary N) is 2. The van der Waals surface area contributed by atoms with Crippen LogP contribution in [0.4, 0.5) is 9.18 Å². The molecule has 21 heavy (non-hydrogen) atoms. The summed E-state index contributed by atoms with van der Waals surface area (Å²) in [6, 6.07) is 5.96. The summed E-state index contributed by atoms with van der Waals surface area (Å²) in [7, 11) is 3.39. The highest BCUT2D eigenvalue weighted by Crippen LogP contribution is 2.15. The van der Waals surface area contributed by atoms with Crippen molar-refractivity contribution in [2.45, 2.75) is 13.1 Å². The molecule has 2 aromatic rings. The maximum atomic E-state index is 13.3. The Kier molecular flexibility index (Phi) is 4.81. The number of carbonyl (C=O) groups is 1. The SMILES string of the molecule is COc1cc(F)cc(CNC(=O)NCc2ccn(C)c2)c1. The van der Waals surface area contributed by atoms with Crippen molar-refractivity contribution in [1.29, 1.82) is 0 Å². The van der Waals surface area contributed by atoms with E-state index < -0.39 is 5.82 Å². The molecule has 0 radical (unpaired) electrons. The smallest absolute Gasteiger partial charge is 0.315 e. The Bertz CT molecular complexity index is 625. The number of aryl methyl sites for hydroxylation is 1. The number of carbonyl (C=O) groups excluding carboxylic acids is 1. The fourth-order valence-corrected chi connectivity index (χ4v) is 1.93. The van der Waals surface area contributed by atoms with Crippen LogP contribution < -0.4 is 15.4 Å². The number of benzene rings is 1. The molecule has 5 nitrogen and oxygen atoms in total. The molecule has 1 aromatic carbocycles. The molecule has 1 aromatic heterocycles. The third-order valence-corrected chi connectivity index (χ3v) is 2.97. The van der Waals surface area contributed by atoms with Crippen LogP contribution in [-0.4, -0.2) is 17.7 Å². The van der Waals surface area contributed by atoms with E-state index in [1.165, 1.54) is 19.2 Å². The average molecular weight is 291 g/mol. The number of urea groups is 1. The lowest BCUT2D eigenvalue weighted by atomic mass is 10.2. The lowest BCUT2D eigenvalue weighted by Crippen LogP contribution is -2.34. The van der Waals surface area contributed by atoms with Gasteiger partial charge in [0.25, 0.3) is 0 Å². The number of amides is 2. The molecule has 112 valence electrons. The number of methoxy groups -OCH3 is 1. The number of rotatable bonds is 5. The van der Waals surface area contributed by atoms with Crippen molar-refractivity contribution < 1.29 is 13.9 Å². The lowest BCUT2D eigenvalue weighted by molar-refractivity contribution is 0.240. The van der Waals surface area contributed by atoms with Gasteiger partial charge < -0.3 is 19.9 Å². The van der Waals surface area contributed by atoms with Crippen LogP contribution in [0.25, 0.3) is 0 Å². The monoisotopic (exact) mass is 291 g/mol. The minimum absolute atomic E-state index is 0.231. The summed E-state index contributed by atoms with van der Waals surface area (Å²) in [6.07, 6.45) is 3.84. The number of halogens is 1. The van der Waals surface area contributed by atoms with Crippen molar-refractivity contribution in [1.82, 2.24) is 15.2 Å². The third-order valence-electron chi connectivity index (χ3n) is 2.97. The quantitative estimate of drug-likeness (QED) is 0.887. The Hall–Kier alpha value is -2.50. The van der Waals surface area contributed by atoms with Crippen molar-refractivity contribution in [3.63, 3.8) is 0 Å². The maximum Gasteiger partial charge on any atom is 0.315 e. The van der Waals surface area contributed by atoms with Crippen LogP contribution in [0.1, 0.15) is 11.1 Å². The van der Waals surface area contributed by atoms with Gasteiger partial charge in [0.05, 0.1) is 7.11 Å². The largest absolute Gasteiger partial charge is 0.497 e. The van der Waals surface area contributed by atoms with E-state index in [0.717, 1.165) is 5.56 Å².